The van der Waals surface area contributed by atoms with E-state index in [1.165, 1.54) is 0 Å². The Morgan fingerprint density at radius 3 is 2.87 bits per heavy atom. The van der Waals surface area contributed by atoms with Crippen LogP contribution in [0.5, 0.6) is 0 Å². The number of nitrogens with zero attached hydrogens (tertiary/aromatic N) is 5. The first kappa shape index (κ1) is 14.4. The molecule has 4 heterocycles. The molecule has 1 saturated heterocycles. The number of hydrogen-bond donors (Lipinski definition) is 0. The van der Waals surface area contributed by atoms with E-state index in [4.69, 9.17) is 16.6 Å². The van der Waals surface area contributed by atoms with Crippen LogP contribution in [0.3, 0.4) is 0 Å². The molecule has 5 nitrogen and oxygen atoms in total. The molecule has 1 aliphatic heterocycles. The quantitative estimate of drug-likeness (QED) is 0.723. The van der Waals surface area contributed by atoms with Gasteiger partial charge in [-0.1, -0.05) is 11.6 Å². The highest BCUT2D eigenvalue weighted by atomic mass is 35.5. The molecule has 0 N–H and O–H groups in total. The first-order chi connectivity index (χ1) is 11.1. The molecule has 7 heteroatoms. The lowest BCUT2D eigenvalue weighted by Crippen LogP contribution is -2.21. The van der Waals surface area contributed by atoms with Gasteiger partial charge >= 0.3 is 0 Å². The maximum atomic E-state index is 13.5. The van der Waals surface area contributed by atoms with Crippen molar-refractivity contribution in [2.75, 3.05) is 18.0 Å². The van der Waals surface area contributed by atoms with E-state index in [2.05, 4.69) is 10.1 Å². The summed E-state index contributed by atoms with van der Waals surface area (Å²) in [6.45, 7) is 1.06. The Morgan fingerprint density at radius 1 is 1.30 bits per heavy atom. The summed E-state index contributed by atoms with van der Waals surface area (Å²) in [5, 5.41) is 4.73. The minimum absolute atomic E-state index is 0.384. The van der Waals surface area contributed by atoms with Gasteiger partial charge in [-0.25, -0.2) is 9.37 Å². The van der Waals surface area contributed by atoms with Crippen molar-refractivity contribution in [2.24, 2.45) is 7.05 Å². The molecular formula is C16H15ClFN5. The minimum Gasteiger partial charge on any atom is -0.354 e. The Bertz CT molecular complexity index is 878. The van der Waals surface area contributed by atoms with Crippen molar-refractivity contribution < 1.29 is 4.39 Å². The Labute approximate surface area is 137 Å². The summed E-state index contributed by atoms with van der Waals surface area (Å²) in [5.41, 5.74) is 3.17. The van der Waals surface area contributed by atoms with Crippen molar-refractivity contribution in [1.82, 2.24) is 19.7 Å². The van der Waals surface area contributed by atoms with E-state index in [1.54, 1.807) is 17.1 Å². The predicted molar refractivity (Wildman–Crippen MR) is 88.5 cm³/mol. The van der Waals surface area contributed by atoms with Gasteiger partial charge in [0.1, 0.15) is 17.5 Å². The van der Waals surface area contributed by atoms with E-state index >= 15 is 0 Å². The fourth-order valence-electron chi connectivity index (χ4n) is 2.96. The van der Waals surface area contributed by atoms with Gasteiger partial charge in [0.25, 0.3) is 0 Å². The zero-order valence-electron chi connectivity index (χ0n) is 12.6. The molecular weight excluding hydrogens is 317 g/mol. The number of pyridine rings is 2. The standard InChI is InChI=1S/C16H15ClFN5/c1-22-8-10(6-20-22)15-12(17)7-19-13-2-3-14(21-16(13)15)23-5-4-11(18)9-23/h2-3,6-8,11H,4-5,9H2,1H3. The van der Waals surface area contributed by atoms with Crippen LogP contribution in [0, 0.1) is 0 Å². The zero-order valence-corrected chi connectivity index (χ0v) is 13.3. The zero-order chi connectivity index (χ0) is 16.0. The molecule has 0 saturated carbocycles. The van der Waals surface area contributed by atoms with E-state index in [9.17, 15) is 4.39 Å². The van der Waals surface area contributed by atoms with Gasteiger partial charge in [0.05, 0.1) is 23.3 Å². The van der Waals surface area contributed by atoms with Crippen molar-refractivity contribution in [3.8, 4) is 11.1 Å². The molecule has 0 radical (unpaired) electrons. The maximum absolute atomic E-state index is 13.5. The lowest BCUT2D eigenvalue weighted by Gasteiger charge is -2.17. The monoisotopic (exact) mass is 331 g/mol. The fraction of sp³-hybridized carbons (Fsp3) is 0.312. The molecule has 0 spiro atoms. The molecule has 1 aliphatic rings. The third-order valence-corrected chi connectivity index (χ3v) is 4.39. The molecule has 1 unspecified atom stereocenters. The van der Waals surface area contributed by atoms with Gasteiger partial charge < -0.3 is 4.90 Å². The van der Waals surface area contributed by atoms with Crippen LogP contribution in [0.4, 0.5) is 10.2 Å². The molecule has 0 aromatic carbocycles. The number of alkyl halides is 1. The van der Waals surface area contributed by atoms with Gasteiger partial charge in [-0.3, -0.25) is 9.67 Å². The van der Waals surface area contributed by atoms with Gasteiger partial charge in [0.15, 0.2) is 0 Å². The summed E-state index contributed by atoms with van der Waals surface area (Å²) in [5.74, 6) is 0.756. The molecule has 118 valence electrons. The number of anilines is 1. The SMILES string of the molecule is Cn1cc(-c2c(Cl)cnc3ccc(N4CCC(F)C4)nc23)cn1. The molecule has 23 heavy (non-hydrogen) atoms. The summed E-state index contributed by atoms with van der Waals surface area (Å²) < 4.78 is 15.2. The maximum Gasteiger partial charge on any atom is 0.129 e. The van der Waals surface area contributed by atoms with Crippen LogP contribution in [0.25, 0.3) is 22.2 Å². The number of hydrogen-bond acceptors (Lipinski definition) is 4. The molecule has 4 rings (SSSR count). The smallest absolute Gasteiger partial charge is 0.129 e. The van der Waals surface area contributed by atoms with Crippen LogP contribution in [-0.2, 0) is 7.05 Å². The summed E-state index contributed by atoms with van der Waals surface area (Å²) >= 11 is 6.37. The van der Waals surface area contributed by atoms with Crippen molar-refractivity contribution in [3.05, 3.63) is 35.7 Å². The largest absolute Gasteiger partial charge is 0.354 e. The molecule has 1 fully saturated rings. The molecule has 3 aromatic rings. The summed E-state index contributed by atoms with van der Waals surface area (Å²) in [6.07, 6.45) is 5.03. The molecule has 3 aromatic heterocycles. The first-order valence-electron chi connectivity index (χ1n) is 7.45. The van der Waals surface area contributed by atoms with E-state index in [1.807, 2.05) is 30.3 Å². The van der Waals surface area contributed by atoms with Crippen LogP contribution in [0.2, 0.25) is 5.02 Å². The van der Waals surface area contributed by atoms with Gasteiger partial charge in [0.2, 0.25) is 0 Å². The molecule has 0 amide bonds. The highest BCUT2D eigenvalue weighted by Crippen LogP contribution is 2.34. The topological polar surface area (TPSA) is 46.8 Å². The minimum atomic E-state index is -0.789. The predicted octanol–water partition coefficient (Wildman–Crippen LogP) is 3.23. The van der Waals surface area contributed by atoms with E-state index in [0.717, 1.165) is 22.5 Å². The van der Waals surface area contributed by atoms with Crippen molar-refractivity contribution >= 4 is 28.5 Å². The van der Waals surface area contributed by atoms with Gasteiger partial charge in [-0.2, -0.15) is 5.10 Å². The number of aromatic nitrogens is 4. The van der Waals surface area contributed by atoms with E-state index < -0.39 is 6.17 Å². The van der Waals surface area contributed by atoms with E-state index in [0.29, 0.717) is 30.0 Å². The second kappa shape index (κ2) is 5.45. The lowest BCUT2D eigenvalue weighted by atomic mass is 10.1. The number of rotatable bonds is 2. The van der Waals surface area contributed by atoms with Crippen molar-refractivity contribution in [3.63, 3.8) is 0 Å². The first-order valence-corrected chi connectivity index (χ1v) is 7.83. The van der Waals surface area contributed by atoms with Crippen LogP contribution in [-0.4, -0.2) is 39.0 Å². The second-order valence-electron chi connectivity index (χ2n) is 5.75. The Hall–Kier alpha value is -2.21. The Balaban J connectivity index is 1.89. The van der Waals surface area contributed by atoms with Gasteiger partial charge in [0, 0.05) is 37.1 Å². The molecule has 1 atom stereocenters. The average molecular weight is 332 g/mol. The van der Waals surface area contributed by atoms with Crippen LogP contribution >= 0.6 is 11.6 Å². The van der Waals surface area contributed by atoms with Crippen LogP contribution in [0.15, 0.2) is 30.7 Å². The Kier molecular flexibility index (Phi) is 3.41. The van der Waals surface area contributed by atoms with Crippen LogP contribution < -0.4 is 4.90 Å². The lowest BCUT2D eigenvalue weighted by molar-refractivity contribution is 0.364. The molecule has 0 bridgehead atoms. The van der Waals surface area contributed by atoms with Crippen molar-refractivity contribution in [2.45, 2.75) is 12.6 Å². The third-order valence-electron chi connectivity index (χ3n) is 4.10. The molecule has 0 aliphatic carbocycles. The normalized spacial score (nSPS) is 18.0. The van der Waals surface area contributed by atoms with Gasteiger partial charge in [-0.05, 0) is 18.6 Å². The second-order valence-corrected chi connectivity index (χ2v) is 6.16. The number of fused-ring (bicyclic) bond motifs is 1. The summed E-state index contributed by atoms with van der Waals surface area (Å²) in [7, 11) is 1.85. The van der Waals surface area contributed by atoms with E-state index in [-0.39, 0.29) is 0 Å². The Morgan fingerprint density at radius 2 is 2.17 bits per heavy atom. The fourth-order valence-corrected chi connectivity index (χ4v) is 3.21. The van der Waals surface area contributed by atoms with Crippen molar-refractivity contribution in [1.29, 1.82) is 0 Å². The number of halogens is 2. The highest BCUT2D eigenvalue weighted by Gasteiger charge is 2.23. The third kappa shape index (κ3) is 2.53. The van der Waals surface area contributed by atoms with Gasteiger partial charge in [-0.15, -0.1) is 0 Å². The number of aryl methyl sites for hydroxylation is 1. The van der Waals surface area contributed by atoms with Crippen LogP contribution in [0.1, 0.15) is 6.42 Å². The summed E-state index contributed by atoms with van der Waals surface area (Å²) in [4.78, 5) is 11.0. The average Bonchev–Trinajstić information content (AvgIpc) is 3.15. The highest BCUT2D eigenvalue weighted by molar-refractivity contribution is 6.34. The summed E-state index contributed by atoms with van der Waals surface area (Å²) in [6, 6.07) is 3.79.